The standard InChI is InChI=1S/C14H22N2O2/c1-9-2-5-11(8-9)16-7-6-12(17)15-13(14(16)18)10-3-4-10/h9-11,13H,2-8H2,1H3,(H,15,17). The number of nitrogens with zero attached hydrogens (tertiary/aromatic N) is 1. The van der Waals surface area contributed by atoms with Gasteiger partial charge in [-0.3, -0.25) is 9.59 Å². The van der Waals surface area contributed by atoms with Crippen LogP contribution in [0.15, 0.2) is 0 Å². The first kappa shape index (κ1) is 12.0. The molecule has 3 aliphatic rings. The predicted octanol–water partition coefficient (Wildman–Crippen LogP) is 1.30. The molecule has 2 amide bonds. The van der Waals surface area contributed by atoms with Gasteiger partial charge < -0.3 is 10.2 Å². The van der Waals surface area contributed by atoms with Gasteiger partial charge in [0.1, 0.15) is 6.04 Å². The third kappa shape index (κ3) is 2.25. The van der Waals surface area contributed by atoms with Crippen molar-refractivity contribution in [2.75, 3.05) is 6.54 Å². The summed E-state index contributed by atoms with van der Waals surface area (Å²) in [5, 5.41) is 2.93. The number of carbonyl (C=O) groups is 2. The molecule has 0 radical (unpaired) electrons. The van der Waals surface area contributed by atoms with Crippen LogP contribution in [0.5, 0.6) is 0 Å². The summed E-state index contributed by atoms with van der Waals surface area (Å²) >= 11 is 0. The van der Waals surface area contributed by atoms with Gasteiger partial charge in [-0.2, -0.15) is 0 Å². The van der Waals surface area contributed by atoms with Crippen LogP contribution >= 0.6 is 0 Å². The average Bonchev–Trinajstić information content (AvgIpc) is 3.10. The molecular formula is C14H22N2O2. The molecule has 3 rings (SSSR count). The van der Waals surface area contributed by atoms with Gasteiger partial charge in [-0.15, -0.1) is 0 Å². The van der Waals surface area contributed by atoms with Gasteiger partial charge in [-0.25, -0.2) is 0 Å². The normalized spacial score (nSPS) is 37.6. The molecule has 2 saturated carbocycles. The highest BCUT2D eigenvalue weighted by molar-refractivity contribution is 5.90. The van der Waals surface area contributed by atoms with E-state index in [1.807, 2.05) is 4.90 Å². The van der Waals surface area contributed by atoms with Crippen LogP contribution in [-0.2, 0) is 9.59 Å². The van der Waals surface area contributed by atoms with Gasteiger partial charge in [0.15, 0.2) is 0 Å². The largest absolute Gasteiger partial charge is 0.344 e. The minimum atomic E-state index is -0.226. The average molecular weight is 250 g/mol. The maximum Gasteiger partial charge on any atom is 0.245 e. The first-order valence-corrected chi connectivity index (χ1v) is 7.25. The summed E-state index contributed by atoms with van der Waals surface area (Å²) in [6.45, 7) is 2.87. The highest BCUT2D eigenvalue weighted by atomic mass is 16.2. The summed E-state index contributed by atoms with van der Waals surface area (Å²) in [5.41, 5.74) is 0. The first-order chi connectivity index (χ1) is 8.65. The van der Waals surface area contributed by atoms with Crippen molar-refractivity contribution in [3.05, 3.63) is 0 Å². The Bertz CT molecular complexity index is 365. The molecule has 1 N–H and O–H groups in total. The van der Waals surface area contributed by atoms with E-state index in [-0.39, 0.29) is 17.9 Å². The fourth-order valence-corrected chi connectivity index (χ4v) is 3.39. The number of hydrogen-bond acceptors (Lipinski definition) is 2. The fraction of sp³-hybridized carbons (Fsp3) is 0.857. The van der Waals surface area contributed by atoms with Crippen molar-refractivity contribution in [3.63, 3.8) is 0 Å². The van der Waals surface area contributed by atoms with Crippen molar-refractivity contribution < 1.29 is 9.59 Å². The monoisotopic (exact) mass is 250 g/mol. The molecule has 0 aromatic carbocycles. The van der Waals surface area contributed by atoms with Crippen LogP contribution in [0.2, 0.25) is 0 Å². The van der Waals surface area contributed by atoms with E-state index in [1.165, 1.54) is 6.42 Å². The number of rotatable bonds is 2. The quantitative estimate of drug-likeness (QED) is 0.803. The maximum atomic E-state index is 12.6. The minimum absolute atomic E-state index is 0.0498. The van der Waals surface area contributed by atoms with Gasteiger partial charge in [-0.1, -0.05) is 6.92 Å². The Morgan fingerprint density at radius 3 is 2.56 bits per heavy atom. The lowest BCUT2D eigenvalue weighted by molar-refractivity contribution is -0.136. The van der Waals surface area contributed by atoms with Crippen molar-refractivity contribution in [2.24, 2.45) is 11.8 Å². The topological polar surface area (TPSA) is 49.4 Å². The van der Waals surface area contributed by atoms with Gasteiger partial charge in [0.25, 0.3) is 0 Å². The van der Waals surface area contributed by atoms with E-state index < -0.39 is 0 Å². The van der Waals surface area contributed by atoms with E-state index in [2.05, 4.69) is 12.2 Å². The number of hydrogen-bond donors (Lipinski definition) is 1. The zero-order chi connectivity index (χ0) is 12.7. The predicted molar refractivity (Wildman–Crippen MR) is 67.8 cm³/mol. The summed E-state index contributed by atoms with van der Waals surface area (Å²) in [6, 6.07) is 0.150. The molecule has 100 valence electrons. The molecule has 3 unspecified atom stereocenters. The van der Waals surface area contributed by atoms with Crippen LogP contribution in [0.25, 0.3) is 0 Å². The zero-order valence-corrected chi connectivity index (χ0v) is 11.0. The van der Waals surface area contributed by atoms with E-state index >= 15 is 0 Å². The molecule has 4 nitrogen and oxygen atoms in total. The van der Waals surface area contributed by atoms with Crippen molar-refractivity contribution in [1.82, 2.24) is 10.2 Å². The van der Waals surface area contributed by atoms with E-state index in [1.54, 1.807) is 0 Å². The smallest absolute Gasteiger partial charge is 0.245 e. The molecule has 3 atom stereocenters. The molecule has 0 spiro atoms. The van der Waals surface area contributed by atoms with E-state index in [4.69, 9.17) is 0 Å². The second-order valence-corrected chi connectivity index (χ2v) is 6.24. The van der Waals surface area contributed by atoms with Crippen LogP contribution in [0, 0.1) is 11.8 Å². The molecule has 0 aromatic rings. The second-order valence-electron chi connectivity index (χ2n) is 6.24. The summed E-state index contributed by atoms with van der Waals surface area (Å²) in [4.78, 5) is 26.3. The molecule has 4 heteroatoms. The second kappa shape index (κ2) is 4.56. The van der Waals surface area contributed by atoms with Crippen LogP contribution in [0.3, 0.4) is 0 Å². The van der Waals surface area contributed by atoms with Crippen LogP contribution < -0.4 is 5.32 Å². The van der Waals surface area contributed by atoms with Crippen LogP contribution in [-0.4, -0.2) is 35.3 Å². The lowest BCUT2D eigenvalue weighted by atomic mass is 10.1. The molecule has 0 aromatic heterocycles. The lowest BCUT2D eigenvalue weighted by Crippen LogP contribution is -2.49. The molecule has 1 heterocycles. The van der Waals surface area contributed by atoms with Crippen molar-refractivity contribution in [3.8, 4) is 0 Å². The molecule has 1 saturated heterocycles. The molecular weight excluding hydrogens is 228 g/mol. The van der Waals surface area contributed by atoms with Gasteiger partial charge in [-0.05, 0) is 43.9 Å². The highest BCUT2D eigenvalue weighted by Gasteiger charge is 2.43. The van der Waals surface area contributed by atoms with Gasteiger partial charge in [0.05, 0.1) is 0 Å². The number of carbonyl (C=O) groups excluding carboxylic acids is 2. The summed E-state index contributed by atoms with van der Waals surface area (Å²) < 4.78 is 0. The summed E-state index contributed by atoms with van der Waals surface area (Å²) in [5.74, 6) is 1.35. The summed E-state index contributed by atoms with van der Waals surface area (Å²) in [7, 11) is 0. The van der Waals surface area contributed by atoms with E-state index in [9.17, 15) is 9.59 Å². The zero-order valence-electron chi connectivity index (χ0n) is 11.0. The number of amides is 2. The first-order valence-electron chi connectivity index (χ1n) is 7.25. The Balaban J connectivity index is 1.75. The van der Waals surface area contributed by atoms with Crippen molar-refractivity contribution in [1.29, 1.82) is 0 Å². The molecule has 18 heavy (non-hydrogen) atoms. The Labute approximate surface area is 108 Å². The lowest BCUT2D eigenvalue weighted by Gasteiger charge is -2.30. The maximum absolute atomic E-state index is 12.6. The Morgan fingerprint density at radius 2 is 1.94 bits per heavy atom. The van der Waals surface area contributed by atoms with Crippen molar-refractivity contribution >= 4 is 11.8 Å². The van der Waals surface area contributed by atoms with E-state index in [0.717, 1.165) is 25.7 Å². The molecule has 2 aliphatic carbocycles. The Kier molecular flexibility index (Phi) is 3.04. The number of nitrogens with one attached hydrogen (secondary N) is 1. The van der Waals surface area contributed by atoms with Crippen LogP contribution in [0.4, 0.5) is 0 Å². The van der Waals surface area contributed by atoms with E-state index in [0.29, 0.717) is 30.8 Å². The Hall–Kier alpha value is -1.06. The van der Waals surface area contributed by atoms with Gasteiger partial charge in [0, 0.05) is 19.0 Å². The third-order valence-corrected chi connectivity index (χ3v) is 4.65. The molecule has 1 aliphatic heterocycles. The van der Waals surface area contributed by atoms with Crippen molar-refractivity contribution in [2.45, 2.75) is 57.5 Å². The SMILES string of the molecule is CC1CCC(N2CCC(=O)NC(C3CC3)C2=O)C1. The highest BCUT2D eigenvalue weighted by Crippen LogP contribution is 2.36. The third-order valence-electron chi connectivity index (χ3n) is 4.65. The van der Waals surface area contributed by atoms with Crippen LogP contribution in [0.1, 0.15) is 45.4 Å². The molecule has 3 fully saturated rings. The minimum Gasteiger partial charge on any atom is -0.344 e. The Morgan fingerprint density at radius 1 is 1.17 bits per heavy atom. The molecule has 0 bridgehead atoms. The van der Waals surface area contributed by atoms with Gasteiger partial charge in [0.2, 0.25) is 11.8 Å². The summed E-state index contributed by atoms with van der Waals surface area (Å²) in [6.07, 6.45) is 6.08. The van der Waals surface area contributed by atoms with Gasteiger partial charge >= 0.3 is 0 Å². The fourth-order valence-electron chi connectivity index (χ4n) is 3.39.